The van der Waals surface area contributed by atoms with Crippen LogP contribution in [0.4, 0.5) is 0 Å². The number of methoxy groups -OCH3 is 1. The summed E-state index contributed by atoms with van der Waals surface area (Å²) in [6.07, 6.45) is -0.513. The summed E-state index contributed by atoms with van der Waals surface area (Å²) >= 11 is 0. The van der Waals surface area contributed by atoms with Gasteiger partial charge in [0.25, 0.3) is 5.91 Å². The number of ether oxygens (including phenoxy) is 2. The van der Waals surface area contributed by atoms with Crippen LogP contribution < -0.4 is 15.2 Å². The average molecular weight is 420 g/mol. The summed E-state index contributed by atoms with van der Waals surface area (Å²) < 4.78 is 32.9. The lowest BCUT2D eigenvalue weighted by Crippen LogP contribution is -2.37. The molecule has 0 aliphatic heterocycles. The topological polar surface area (TPSA) is 125 Å². The fourth-order valence-corrected chi connectivity index (χ4v) is 3.09. The van der Waals surface area contributed by atoms with Crippen LogP contribution in [0.25, 0.3) is 0 Å². The Morgan fingerprint density at radius 2 is 1.79 bits per heavy atom. The van der Waals surface area contributed by atoms with Gasteiger partial charge in [0.1, 0.15) is 11.3 Å². The van der Waals surface area contributed by atoms with Crippen molar-refractivity contribution in [3.8, 4) is 5.75 Å². The van der Waals surface area contributed by atoms with Crippen LogP contribution in [0.3, 0.4) is 0 Å². The van der Waals surface area contributed by atoms with E-state index in [-0.39, 0.29) is 10.5 Å². The molecule has 0 radical (unpaired) electrons. The number of primary sulfonamides is 1. The van der Waals surface area contributed by atoms with Gasteiger partial charge in [-0.3, -0.25) is 4.79 Å². The Morgan fingerprint density at radius 3 is 2.38 bits per heavy atom. The number of nitrogens with two attached hydrogens (primary N) is 1. The van der Waals surface area contributed by atoms with Crippen LogP contribution in [0.5, 0.6) is 5.75 Å². The smallest absolute Gasteiger partial charge is 0.342 e. The molecule has 0 heterocycles. The second-order valence-electron chi connectivity index (χ2n) is 6.48. The first-order valence-electron chi connectivity index (χ1n) is 8.87. The van der Waals surface area contributed by atoms with Crippen LogP contribution in [-0.4, -0.2) is 40.1 Å². The van der Waals surface area contributed by atoms with E-state index in [2.05, 4.69) is 5.32 Å². The Hall–Kier alpha value is -2.91. The van der Waals surface area contributed by atoms with E-state index in [0.29, 0.717) is 18.7 Å². The standard InChI is InChI=1S/C20H24N2O6S/c1-13-4-9-18(27-3)17(12-13)20(24)28-14(2)19(23)22-11-10-15-5-7-16(8-6-15)29(21,25)26/h4-9,12,14H,10-11H2,1-3H3,(H,22,23)(H2,21,25,26)/t14-/m0/s1. The number of carbonyl (C=O) groups excluding carboxylic acids is 2. The first-order valence-corrected chi connectivity index (χ1v) is 10.4. The van der Waals surface area contributed by atoms with Crippen molar-refractivity contribution in [3.63, 3.8) is 0 Å². The molecule has 8 nitrogen and oxygen atoms in total. The predicted octanol–water partition coefficient (Wildman–Crippen LogP) is 1.56. The van der Waals surface area contributed by atoms with Crippen LogP contribution in [0.2, 0.25) is 0 Å². The molecule has 2 aromatic rings. The number of carbonyl (C=O) groups is 2. The maximum absolute atomic E-state index is 12.4. The lowest BCUT2D eigenvalue weighted by molar-refractivity contribution is -0.129. The van der Waals surface area contributed by atoms with Crippen LogP contribution in [-0.2, 0) is 26.0 Å². The Kier molecular flexibility index (Phi) is 7.35. The fourth-order valence-electron chi connectivity index (χ4n) is 2.58. The number of hydrogen-bond acceptors (Lipinski definition) is 6. The number of sulfonamides is 1. The third-order valence-corrected chi connectivity index (χ3v) is 5.12. The maximum Gasteiger partial charge on any atom is 0.342 e. The third kappa shape index (κ3) is 6.30. The van der Waals surface area contributed by atoms with Gasteiger partial charge < -0.3 is 14.8 Å². The molecular formula is C20H24N2O6S. The fraction of sp³-hybridized carbons (Fsp3) is 0.300. The van der Waals surface area contributed by atoms with Crippen molar-refractivity contribution in [1.29, 1.82) is 0 Å². The molecule has 1 atom stereocenters. The van der Waals surface area contributed by atoms with Crippen molar-refractivity contribution in [2.24, 2.45) is 5.14 Å². The normalized spacial score (nSPS) is 12.1. The molecule has 0 fully saturated rings. The van der Waals surface area contributed by atoms with Gasteiger partial charge in [-0.15, -0.1) is 0 Å². The van der Waals surface area contributed by atoms with E-state index in [4.69, 9.17) is 14.6 Å². The molecule has 0 spiro atoms. The molecule has 0 aliphatic carbocycles. The molecule has 2 aromatic carbocycles. The molecule has 0 unspecified atom stereocenters. The minimum atomic E-state index is -3.73. The van der Waals surface area contributed by atoms with E-state index in [1.54, 1.807) is 30.3 Å². The zero-order valence-electron chi connectivity index (χ0n) is 16.5. The van der Waals surface area contributed by atoms with Gasteiger partial charge in [0.05, 0.1) is 12.0 Å². The van der Waals surface area contributed by atoms with Gasteiger partial charge in [-0.05, 0) is 50.1 Å². The van der Waals surface area contributed by atoms with E-state index in [9.17, 15) is 18.0 Å². The van der Waals surface area contributed by atoms with E-state index in [1.807, 2.05) is 6.92 Å². The summed E-state index contributed by atoms with van der Waals surface area (Å²) in [6.45, 7) is 3.61. The molecular weight excluding hydrogens is 396 g/mol. The van der Waals surface area contributed by atoms with Crippen molar-refractivity contribution in [1.82, 2.24) is 5.32 Å². The molecule has 9 heteroatoms. The zero-order chi connectivity index (χ0) is 21.6. The van der Waals surface area contributed by atoms with Gasteiger partial charge in [-0.1, -0.05) is 23.8 Å². The molecule has 0 aromatic heterocycles. The predicted molar refractivity (Wildman–Crippen MR) is 107 cm³/mol. The molecule has 0 bridgehead atoms. The first-order chi connectivity index (χ1) is 13.6. The van der Waals surface area contributed by atoms with Gasteiger partial charge >= 0.3 is 5.97 Å². The van der Waals surface area contributed by atoms with Crippen LogP contribution >= 0.6 is 0 Å². The van der Waals surface area contributed by atoms with Crippen LogP contribution in [0, 0.1) is 6.92 Å². The Balaban J connectivity index is 1.88. The molecule has 1 amide bonds. The van der Waals surface area contributed by atoms with E-state index >= 15 is 0 Å². The number of benzene rings is 2. The van der Waals surface area contributed by atoms with Crippen molar-refractivity contribution >= 4 is 21.9 Å². The summed E-state index contributed by atoms with van der Waals surface area (Å²) in [5.41, 5.74) is 1.94. The SMILES string of the molecule is COc1ccc(C)cc1C(=O)O[C@@H](C)C(=O)NCCc1ccc(S(N)(=O)=O)cc1. The van der Waals surface area contributed by atoms with Crippen molar-refractivity contribution in [3.05, 3.63) is 59.2 Å². The second kappa shape index (κ2) is 9.53. The highest BCUT2D eigenvalue weighted by molar-refractivity contribution is 7.89. The molecule has 156 valence electrons. The van der Waals surface area contributed by atoms with Gasteiger partial charge in [-0.25, -0.2) is 18.4 Å². The maximum atomic E-state index is 12.4. The highest BCUT2D eigenvalue weighted by Gasteiger charge is 2.21. The van der Waals surface area contributed by atoms with Gasteiger partial charge in [0.2, 0.25) is 10.0 Å². The van der Waals surface area contributed by atoms with Crippen molar-refractivity contribution < 1.29 is 27.5 Å². The molecule has 29 heavy (non-hydrogen) atoms. The Bertz CT molecular complexity index is 987. The molecule has 2 rings (SSSR count). The number of esters is 1. The number of hydrogen-bond donors (Lipinski definition) is 2. The summed E-state index contributed by atoms with van der Waals surface area (Å²) in [6, 6.07) is 11.2. The number of rotatable bonds is 8. The van der Waals surface area contributed by atoms with Gasteiger partial charge in [-0.2, -0.15) is 0 Å². The second-order valence-corrected chi connectivity index (χ2v) is 8.04. The minimum absolute atomic E-state index is 0.0254. The summed E-state index contributed by atoms with van der Waals surface area (Å²) in [4.78, 5) is 24.6. The lowest BCUT2D eigenvalue weighted by Gasteiger charge is -2.15. The molecule has 0 aliphatic rings. The largest absolute Gasteiger partial charge is 0.496 e. The monoisotopic (exact) mass is 420 g/mol. The summed E-state index contributed by atoms with van der Waals surface area (Å²) in [7, 11) is -2.28. The Labute approximate surface area is 170 Å². The third-order valence-electron chi connectivity index (χ3n) is 4.19. The van der Waals surface area contributed by atoms with Crippen molar-refractivity contribution in [2.75, 3.05) is 13.7 Å². The Morgan fingerprint density at radius 1 is 1.14 bits per heavy atom. The van der Waals surface area contributed by atoms with E-state index < -0.39 is 28.0 Å². The minimum Gasteiger partial charge on any atom is -0.496 e. The number of amides is 1. The van der Waals surface area contributed by atoms with Crippen LogP contribution in [0.1, 0.15) is 28.4 Å². The van der Waals surface area contributed by atoms with E-state index in [1.165, 1.54) is 26.2 Å². The van der Waals surface area contributed by atoms with Crippen molar-refractivity contribution in [2.45, 2.75) is 31.3 Å². The summed E-state index contributed by atoms with van der Waals surface area (Å²) in [5, 5.41) is 7.74. The first kappa shape index (κ1) is 22.4. The molecule has 3 N–H and O–H groups in total. The van der Waals surface area contributed by atoms with Crippen LogP contribution in [0.15, 0.2) is 47.4 Å². The zero-order valence-corrected chi connectivity index (χ0v) is 17.3. The quantitative estimate of drug-likeness (QED) is 0.625. The van der Waals surface area contributed by atoms with Gasteiger partial charge in [0, 0.05) is 6.54 Å². The van der Waals surface area contributed by atoms with Gasteiger partial charge in [0.15, 0.2) is 6.10 Å². The molecule has 0 saturated carbocycles. The molecule has 0 saturated heterocycles. The highest BCUT2D eigenvalue weighted by Crippen LogP contribution is 2.21. The summed E-state index contributed by atoms with van der Waals surface area (Å²) in [5.74, 6) is -0.714. The average Bonchev–Trinajstić information content (AvgIpc) is 2.67. The number of aryl methyl sites for hydroxylation is 1. The number of nitrogens with one attached hydrogen (secondary N) is 1. The van der Waals surface area contributed by atoms with E-state index in [0.717, 1.165) is 11.1 Å². The lowest BCUT2D eigenvalue weighted by atomic mass is 10.1. The highest BCUT2D eigenvalue weighted by atomic mass is 32.2.